The van der Waals surface area contributed by atoms with Crippen LogP contribution in [0.3, 0.4) is 0 Å². The summed E-state index contributed by atoms with van der Waals surface area (Å²) in [6.07, 6.45) is 0. The van der Waals surface area contributed by atoms with Crippen molar-refractivity contribution in [3.8, 4) is 5.75 Å². The maximum absolute atomic E-state index is 14.1. The maximum Gasteiger partial charge on any atom is 0.338 e. The normalized spacial score (nSPS) is 19.4. The smallest absolute Gasteiger partial charge is 0.338 e. The minimum absolute atomic E-state index is 0.226. The predicted molar refractivity (Wildman–Crippen MR) is 162 cm³/mol. The predicted octanol–water partition coefficient (Wildman–Crippen LogP) is 6.29. The number of thiazole rings is 1. The van der Waals surface area contributed by atoms with Crippen LogP contribution >= 0.6 is 46.3 Å². The number of fused-ring (bicyclic) bond motifs is 2. The first-order chi connectivity index (χ1) is 20.2. The lowest BCUT2D eigenvalue weighted by atomic mass is 9.82. The lowest BCUT2D eigenvalue weighted by molar-refractivity contribution is -0.122. The summed E-state index contributed by atoms with van der Waals surface area (Å²) >= 11 is 14.7. The Hall–Kier alpha value is -3.57. The van der Waals surface area contributed by atoms with Gasteiger partial charge in [-0.05, 0) is 67.1 Å². The molecule has 1 fully saturated rings. The Labute approximate surface area is 258 Å². The third kappa shape index (κ3) is 5.24. The number of esters is 1. The van der Waals surface area contributed by atoms with Gasteiger partial charge in [0.15, 0.2) is 0 Å². The number of H-pyrrole nitrogens is 1. The summed E-state index contributed by atoms with van der Waals surface area (Å²) in [5.74, 6) is -2.34. The van der Waals surface area contributed by atoms with E-state index in [-0.39, 0.29) is 18.1 Å². The van der Waals surface area contributed by atoms with E-state index in [1.165, 1.54) is 23.9 Å². The van der Waals surface area contributed by atoms with Crippen molar-refractivity contribution in [2.45, 2.75) is 29.7 Å². The topological polar surface area (TPSA) is 106 Å². The van der Waals surface area contributed by atoms with Gasteiger partial charge in [-0.25, -0.2) is 9.69 Å². The first-order valence-electron chi connectivity index (χ1n) is 13.0. The number of nitrogens with zero attached hydrogens (tertiary/aromatic N) is 1. The maximum atomic E-state index is 14.1. The van der Waals surface area contributed by atoms with Crippen LogP contribution in [-0.2, 0) is 20.9 Å². The Bertz CT molecular complexity index is 1750. The molecule has 1 saturated heterocycles. The Balaban J connectivity index is 1.39. The highest BCUT2D eigenvalue weighted by Crippen LogP contribution is 2.54. The Kier molecular flexibility index (Phi) is 7.89. The van der Waals surface area contributed by atoms with Crippen molar-refractivity contribution in [2.75, 3.05) is 11.5 Å². The number of aromatic nitrogens is 1. The standard InChI is InChI=1S/C30H22Cl2N2O6S2/c1-2-39-29(37)16-5-10-19(11-6-16)34-27(35)23-22(24-26(33-30(38)42-24)41-25(23)28(34)36)20-13-18(32)9-12-21(20)40-14-15-3-7-17(31)8-4-15/h3-13,22-23,25H,2,14H2,1H3,(H,33,38)/t22-,23-,25+/m0/s1. The molecule has 4 aromatic rings. The van der Waals surface area contributed by atoms with Crippen molar-refractivity contribution in [3.05, 3.63) is 108 Å². The molecule has 3 atom stereocenters. The fourth-order valence-corrected chi connectivity index (χ4v) is 8.02. The van der Waals surface area contributed by atoms with Crippen LogP contribution in [0.15, 0.2) is 76.6 Å². The van der Waals surface area contributed by atoms with Crippen molar-refractivity contribution < 1.29 is 23.9 Å². The second-order valence-corrected chi connectivity index (χ2v) is 12.7. The molecule has 0 spiro atoms. The van der Waals surface area contributed by atoms with E-state index in [0.717, 1.165) is 21.8 Å². The molecule has 214 valence electrons. The summed E-state index contributed by atoms with van der Waals surface area (Å²) in [7, 11) is 0. The number of benzene rings is 3. The molecule has 2 amide bonds. The summed E-state index contributed by atoms with van der Waals surface area (Å²) in [4.78, 5) is 56.9. The quantitative estimate of drug-likeness (QED) is 0.187. The third-order valence-electron chi connectivity index (χ3n) is 7.08. The molecule has 1 N–H and O–H groups in total. The second kappa shape index (κ2) is 11.6. The fourth-order valence-electron chi connectivity index (χ4n) is 5.20. The average Bonchev–Trinajstić information content (AvgIpc) is 3.47. The molecule has 0 bridgehead atoms. The molecule has 8 nitrogen and oxygen atoms in total. The molecule has 0 saturated carbocycles. The SMILES string of the molecule is CCOC(=O)c1ccc(N2C(=O)[C@H]3[C@H](c4cc(Cl)ccc4OCc4ccc(Cl)cc4)c4sc(=O)[nH]c4S[C@H]3C2=O)cc1. The molecule has 3 heterocycles. The van der Waals surface area contributed by atoms with Crippen LogP contribution in [0.25, 0.3) is 0 Å². The number of anilines is 1. The average molecular weight is 642 g/mol. The number of hydrogen-bond acceptors (Lipinski definition) is 8. The highest BCUT2D eigenvalue weighted by atomic mass is 35.5. The summed E-state index contributed by atoms with van der Waals surface area (Å²) in [6.45, 7) is 2.17. The number of hydrogen-bond donors (Lipinski definition) is 1. The van der Waals surface area contributed by atoms with Crippen molar-refractivity contribution in [3.63, 3.8) is 0 Å². The number of thioether (sulfide) groups is 1. The third-order valence-corrected chi connectivity index (χ3v) is 9.96. The zero-order valence-corrected chi connectivity index (χ0v) is 25.1. The number of imide groups is 1. The van der Waals surface area contributed by atoms with Gasteiger partial charge in [-0.15, -0.1) is 0 Å². The van der Waals surface area contributed by atoms with Crippen LogP contribution < -0.4 is 14.5 Å². The minimum atomic E-state index is -0.831. The minimum Gasteiger partial charge on any atom is -0.489 e. The number of ether oxygens (including phenoxy) is 2. The molecule has 42 heavy (non-hydrogen) atoms. The fraction of sp³-hybridized carbons (Fsp3) is 0.200. The van der Waals surface area contributed by atoms with Crippen LogP contribution in [-0.4, -0.2) is 34.6 Å². The lowest BCUT2D eigenvalue weighted by Crippen LogP contribution is -2.32. The van der Waals surface area contributed by atoms with Crippen LogP contribution in [0, 0.1) is 5.92 Å². The highest BCUT2D eigenvalue weighted by molar-refractivity contribution is 8.00. The van der Waals surface area contributed by atoms with Gasteiger partial charge in [-0.1, -0.05) is 58.4 Å². The number of carbonyl (C=O) groups is 3. The molecule has 3 aromatic carbocycles. The van der Waals surface area contributed by atoms with E-state index in [9.17, 15) is 19.2 Å². The number of amides is 2. The molecule has 2 aliphatic heterocycles. The Morgan fingerprint density at radius 2 is 1.67 bits per heavy atom. The van der Waals surface area contributed by atoms with Crippen molar-refractivity contribution in [1.29, 1.82) is 0 Å². The van der Waals surface area contributed by atoms with Crippen molar-refractivity contribution >= 4 is 69.8 Å². The van der Waals surface area contributed by atoms with E-state index < -0.39 is 34.9 Å². The van der Waals surface area contributed by atoms with Gasteiger partial charge < -0.3 is 14.5 Å². The number of rotatable bonds is 7. The summed E-state index contributed by atoms with van der Waals surface area (Å²) in [5, 5.41) is 0.774. The molecule has 0 radical (unpaired) electrons. The van der Waals surface area contributed by atoms with E-state index in [2.05, 4.69) is 4.98 Å². The van der Waals surface area contributed by atoms with Gasteiger partial charge in [-0.3, -0.25) is 14.4 Å². The summed E-state index contributed by atoms with van der Waals surface area (Å²) in [5.41, 5.74) is 2.14. The second-order valence-electron chi connectivity index (χ2n) is 9.63. The van der Waals surface area contributed by atoms with Gasteiger partial charge in [0.25, 0.3) is 0 Å². The first kappa shape index (κ1) is 28.5. The van der Waals surface area contributed by atoms with E-state index in [1.54, 1.807) is 49.4 Å². The van der Waals surface area contributed by atoms with Crippen LogP contribution in [0.1, 0.15) is 39.2 Å². The van der Waals surface area contributed by atoms with Crippen LogP contribution in [0.4, 0.5) is 5.69 Å². The zero-order valence-electron chi connectivity index (χ0n) is 22.0. The van der Waals surface area contributed by atoms with Gasteiger partial charge in [0.2, 0.25) is 11.8 Å². The first-order valence-corrected chi connectivity index (χ1v) is 15.4. The molecule has 0 unspecified atom stereocenters. The Morgan fingerprint density at radius 3 is 2.38 bits per heavy atom. The molecule has 2 aliphatic rings. The molecule has 6 rings (SSSR count). The summed E-state index contributed by atoms with van der Waals surface area (Å²) < 4.78 is 11.3. The van der Waals surface area contributed by atoms with Gasteiger partial charge in [0, 0.05) is 26.4 Å². The summed E-state index contributed by atoms with van der Waals surface area (Å²) in [6, 6.07) is 18.5. The zero-order chi connectivity index (χ0) is 29.5. The van der Waals surface area contributed by atoms with Gasteiger partial charge in [0.05, 0.1) is 28.8 Å². The van der Waals surface area contributed by atoms with Gasteiger partial charge >= 0.3 is 10.8 Å². The van der Waals surface area contributed by atoms with Crippen LogP contribution in [0.5, 0.6) is 5.75 Å². The van der Waals surface area contributed by atoms with E-state index in [4.69, 9.17) is 32.7 Å². The van der Waals surface area contributed by atoms with Crippen LogP contribution in [0.2, 0.25) is 10.0 Å². The molecular formula is C30H22Cl2N2O6S2. The van der Waals surface area contributed by atoms with Crippen molar-refractivity contribution in [1.82, 2.24) is 4.98 Å². The van der Waals surface area contributed by atoms with Gasteiger partial charge in [0.1, 0.15) is 17.6 Å². The molecule has 1 aromatic heterocycles. The molecular weight excluding hydrogens is 619 g/mol. The van der Waals surface area contributed by atoms with E-state index >= 15 is 0 Å². The largest absolute Gasteiger partial charge is 0.489 e. The monoisotopic (exact) mass is 640 g/mol. The Morgan fingerprint density at radius 1 is 0.952 bits per heavy atom. The van der Waals surface area contributed by atoms with E-state index in [1.807, 2.05) is 12.1 Å². The number of nitrogens with one attached hydrogen (secondary N) is 1. The molecule has 0 aliphatic carbocycles. The number of aromatic amines is 1. The highest BCUT2D eigenvalue weighted by Gasteiger charge is 2.56. The molecule has 12 heteroatoms. The van der Waals surface area contributed by atoms with Crippen molar-refractivity contribution in [2.24, 2.45) is 5.92 Å². The number of carbonyl (C=O) groups excluding carboxylic acids is 3. The van der Waals surface area contributed by atoms with Gasteiger partial charge in [-0.2, -0.15) is 0 Å². The number of halogens is 2. The van der Waals surface area contributed by atoms with E-state index in [0.29, 0.717) is 42.5 Å². The lowest BCUT2D eigenvalue weighted by Gasteiger charge is -2.31.